The third-order valence-corrected chi connectivity index (χ3v) is 6.43. The topological polar surface area (TPSA) is 231 Å². The number of aliphatic carboxylic acids is 1. The Balaban J connectivity index is 2.24. The van der Waals surface area contributed by atoms with E-state index in [1.54, 1.807) is 12.1 Å². The van der Waals surface area contributed by atoms with E-state index in [1.165, 1.54) is 17.0 Å². The van der Waals surface area contributed by atoms with Crippen molar-refractivity contribution < 1.29 is 34.2 Å². The number of hydrogen-bond acceptors (Lipinski definition) is 8. The van der Waals surface area contributed by atoms with E-state index in [0.29, 0.717) is 44.2 Å². The number of carbonyl (C=O) groups excluding carboxylic acids is 4. The average Bonchev–Trinajstić information content (AvgIpc) is 3.37. The molecule has 1 aliphatic rings. The van der Waals surface area contributed by atoms with Crippen molar-refractivity contribution in [3.63, 3.8) is 0 Å². The SMILES string of the molecule is NCCCCC(N)C(=O)NC(CCC(N)=O)C(=O)NC(Cc1ccc(O)cc1)C(=O)N1CCCC1C(=O)O. The molecule has 0 saturated carbocycles. The zero-order valence-electron chi connectivity index (χ0n) is 21.3. The van der Waals surface area contributed by atoms with Crippen LogP contribution < -0.4 is 27.8 Å². The minimum absolute atomic E-state index is 0.00276. The van der Waals surface area contributed by atoms with Gasteiger partial charge in [-0.15, -0.1) is 0 Å². The average molecular weight is 535 g/mol. The molecule has 13 heteroatoms. The summed E-state index contributed by atoms with van der Waals surface area (Å²) < 4.78 is 0. The summed E-state index contributed by atoms with van der Waals surface area (Å²) in [6, 6.07) is 1.71. The molecule has 1 aromatic rings. The van der Waals surface area contributed by atoms with Crippen LogP contribution in [0, 0.1) is 0 Å². The first-order valence-corrected chi connectivity index (χ1v) is 12.7. The van der Waals surface area contributed by atoms with E-state index in [0.717, 1.165) is 0 Å². The number of nitrogens with one attached hydrogen (secondary N) is 2. The summed E-state index contributed by atoms with van der Waals surface area (Å²) in [4.78, 5) is 63.7. The van der Waals surface area contributed by atoms with Gasteiger partial charge in [-0.05, 0) is 56.3 Å². The molecule has 1 aliphatic heterocycles. The number of phenolic OH excluding ortho intramolecular Hbond substituents is 1. The van der Waals surface area contributed by atoms with Crippen LogP contribution in [0.4, 0.5) is 0 Å². The van der Waals surface area contributed by atoms with Crippen molar-refractivity contribution in [1.29, 1.82) is 0 Å². The fourth-order valence-electron chi connectivity index (χ4n) is 4.30. The number of carbonyl (C=O) groups is 5. The van der Waals surface area contributed by atoms with E-state index >= 15 is 0 Å². The summed E-state index contributed by atoms with van der Waals surface area (Å²) in [6.07, 6.45) is 2.12. The van der Waals surface area contributed by atoms with Crippen molar-refractivity contribution in [3.05, 3.63) is 29.8 Å². The Hall–Kier alpha value is -3.71. The zero-order chi connectivity index (χ0) is 28.2. The Morgan fingerprint density at radius 1 is 1.00 bits per heavy atom. The lowest BCUT2D eigenvalue weighted by atomic mass is 10.0. The number of benzene rings is 1. The van der Waals surface area contributed by atoms with Crippen LogP contribution in [0.25, 0.3) is 0 Å². The van der Waals surface area contributed by atoms with Crippen molar-refractivity contribution in [2.24, 2.45) is 17.2 Å². The van der Waals surface area contributed by atoms with Gasteiger partial charge in [0.1, 0.15) is 23.9 Å². The van der Waals surface area contributed by atoms with Gasteiger partial charge < -0.3 is 42.9 Å². The highest BCUT2D eigenvalue weighted by Crippen LogP contribution is 2.20. The molecule has 1 saturated heterocycles. The highest BCUT2D eigenvalue weighted by Gasteiger charge is 2.38. The smallest absolute Gasteiger partial charge is 0.326 e. The summed E-state index contributed by atoms with van der Waals surface area (Å²) in [5.74, 6) is -3.73. The first kappa shape index (κ1) is 30.5. The summed E-state index contributed by atoms with van der Waals surface area (Å²) in [5.41, 5.74) is 17.3. The lowest BCUT2D eigenvalue weighted by Crippen LogP contribution is -2.57. The van der Waals surface area contributed by atoms with Crippen molar-refractivity contribution in [3.8, 4) is 5.75 Å². The number of amides is 4. The molecule has 1 aromatic carbocycles. The molecule has 0 aliphatic carbocycles. The van der Waals surface area contributed by atoms with Crippen LogP contribution in [0.3, 0.4) is 0 Å². The van der Waals surface area contributed by atoms with Gasteiger partial charge in [0.2, 0.25) is 23.6 Å². The van der Waals surface area contributed by atoms with Gasteiger partial charge in [-0.2, -0.15) is 0 Å². The van der Waals surface area contributed by atoms with E-state index in [2.05, 4.69) is 10.6 Å². The number of aromatic hydroxyl groups is 1. The predicted molar refractivity (Wildman–Crippen MR) is 137 cm³/mol. The highest BCUT2D eigenvalue weighted by atomic mass is 16.4. The Morgan fingerprint density at radius 2 is 1.66 bits per heavy atom. The summed E-state index contributed by atoms with van der Waals surface area (Å²) >= 11 is 0. The van der Waals surface area contributed by atoms with E-state index in [4.69, 9.17) is 17.2 Å². The fraction of sp³-hybridized carbons (Fsp3) is 0.560. The second kappa shape index (κ2) is 14.9. The lowest BCUT2D eigenvalue weighted by Gasteiger charge is -2.29. The summed E-state index contributed by atoms with van der Waals surface area (Å²) in [5, 5.41) is 24.3. The van der Waals surface area contributed by atoms with Crippen LogP contribution in [0.2, 0.25) is 0 Å². The minimum Gasteiger partial charge on any atom is -0.508 e. The zero-order valence-corrected chi connectivity index (χ0v) is 21.3. The number of nitrogens with two attached hydrogens (primary N) is 3. The van der Waals surface area contributed by atoms with E-state index < -0.39 is 53.8 Å². The molecule has 0 spiro atoms. The maximum absolute atomic E-state index is 13.4. The van der Waals surface area contributed by atoms with Gasteiger partial charge in [0.05, 0.1) is 6.04 Å². The van der Waals surface area contributed by atoms with Crippen LogP contribution in [0.5, 0.6) is 5.75 Å². The second-order valence-corrected chi connectivity index (χ2v) is 9.42. The van der Waals surface area contributed by atoms with Gasteiger partial charge in [0.25, 0.3) is 0 Å². The first-order valence-electron chi connectivity index (χ1n) is 12.7. The predicted octanol–water partition coefficient (Wildman–Crippen LogP) is -1.30. The minimum atomic E-state index is -1.21. The molecular weight excluding hydrogens is 496 g/mol. The van der Waals surface area contributed by atoms with Crippen molar-refractivity contribution in [1.82, 2.24) is 15.5 Å². The second-order valence-electron chi connectivity index (χ2n) is 9.42. The molecule has 0 radical (unpaired) electrons. The van der Waals surface area contributed by atoms with Crippen molar-refractivity contribution in [2.75, 3.05) is 13.1 Å². The number of hydrogen-bond donors (Lipinski definition) is 7. The van der Waals surface area contributed by atoms with Gasteiger partial charge in [-0.25, -0.2) is 4.79 Å². The maximum Gasteiger partial charge on any atom is 0.326 e. The number of carboxylic acid groups (broad SMARTS) is 1. The molecule has 1 fully saturated rings. The van der Waals surface area contributed by atoms with E-state index in [1.807, 2.05) is 0 Å². The Morgan fingerprint density at radius 3 is 2.26 bits per heavy atom. The number of unbranched alkanes of at least 4 members (excludes halogenated alkanes) is 1. The van der Waals surface area contributed by atoms with Gasteiger partial charge in [-0.3, -0.25) is 19.2 Å². The Kier molecular flexibility index (Phi) is 12.0. The normalized spacial score (nSPS) is 17.3. The fourth-order valence-corrected chi connectivity index (χ4v) is 4.30. The maximum atomic E-state index is 13.4. The largest absolute Gasteiger partial charge is 0.508 e. The van der Waals surface area contributed by atoms with Gasteiger partial charge in [0, 0.05) is 19.4 Å². The van der Waals surface area contributed by atoms with E-state index in [-0.39, 0.29) is 31.6 Å². The summed E-state index contributed by atoms with van der Waals surface area (Å²) in [7, 11) is 0. The summed E-state index contributed by atoms with van der Waals surface area (Å²) in [6.45, 7) is 0.672. The molecule has 0 aromatic heterocycles. The molecule has 10 N–H and O–H groups in total. The van der Waals surface area contributed by atoms with Gasteiger partial charge in [0.15, 0.2) is 0 Å². The molecule has 2 rings (SSSR count). The molecule has 210 valence electrons. The van der Waals surface area contributed by atoms with Crippen molar-refractivity contribution >= 4 is 29.6 Å². The molecular formula is C25H38N6O7. The molecule has 4 unspecified atom stereocenters. The van der Waals surface area contributed by atoms with Crippen LogP contribution in [-0.4, -0.2) is 82.0 Å². The van der Waals surface area contributed by atoms with Gasteiger partial charge in [-0.1, -0.05) is 18.6 Å². The van der Waals surface area contributed by atoms with Crippen LogP contribution >= 0.6 is 0 Å². The molecule has 4 amide bonds. The number of rotatable bonds is 15. The van der Waals surface area contributed by atoms with Crippen LogP contribution in [0.1, 0.15) is 50.5 Å². The first-order chi connectivity index (χ1) is 18.0. The number of nitrogens with zero attached hydrogens (tertiary/aromatic N) is 1. The lowest BCUT2D eigenvalue weighted by molar-refractivity contribution is -0.149. The Bertz CT molecular complexity index is 987. The molecule has 0 bridgehead atoms. The number of likely N-dealkylation sites (tertiary alicyclic amines) is 1. The Labute approximate surface area is 221 Å². The van der Waals surface area contributed by atoms with E-state index in [9.17, 15) is 34.2 Å². The standard InChI is InChI=1S/C25H38N6O7/c26-12-2-1-4-17(27)22(34)29-18(10-11-21(28)33)23(35)30-19(14-15-6-8-16(32)9-7-15)24(36)31-13-3-5-20(31)25(37)38/h6-9,17-20,32H,1-5,10-14,26-27H2,(H2,28,33)(H,29,34)(H,30,35)(H,37,38). The monoisotopic (exact) mass is 534 g/mol. The number of carboxylic acids is 1. The third kappa shape index (κ3) is 9.30. The van der Waals surface area contributed by atoms with Gasteiger partial charge >= 0.3 is 5.97 Å². The van der Waals surface area contributed by atoms with Crippen LogP contribution in [-0.2, 0) is 30.4 Å². The van der Waals surface area contributed by atoms with Crippen molar-refractivity contribution in [2.45, 2.75) is 75.5 Å². The highest BCUT2D eigenvalue weighted by molar-refractivity contribution is 5.94. The quantitative estimate of drug-likeness (QED) is 0.132. The third-order valence-electron chi connectivity index (χ3n) is 6.43. The molecule has 1 heterocycles. The van der Waals surface area contributed by atoms with Crippen LogP contribution in [0.15, 0.2) is 24.3 Å². The number of phenols is 1. The molecule has 4 atom stereocenters. The molecule has 13 nitrogen and oxygen atoms in total. The number of primary amides is 1. The molecule has 38 heavy (non-hydrogen) atoms.